The molecular weight excluding hydrogens is 370 g/mol. The molecule has 150 valence electrons. The summed E-state index contributed by atoms with van der Waals surface area (Å²) in [5.74, 6) is 2.71. The van der Waals surface area contributed by atoms with Crippen molar-refractivity contribution in [3.8, 4) is 11.6 Å². The molecule has 10 heteroatoms. The largest absolute Gasteiger partial charge is 0.356 e. The molecule has 1 aliphatic rings. The normalized spacial score (nSPS) is 14.9. The second-order valence-corrected chi connectivity index (χ2v) is 6.48. The second kappa shape index (κ2) is 9.09. The zero-order valence-corrected chi connectivity index (χ0v) is 16.3. The summed E-state index contributed by atoms with van der Waals surface area (Å²) in [6.45, 7) is 4.07. The topological polar surface area (TPSA) is 108 Å². The zero-order valence-electron chi connectivity index (χ0n) is 16.3. The number of rotatable bonds is 5. The van der Waals surface area contributed by atoms with Crippen molar-refractivity contribution in [2.75, 3.05) is 44.7 Å². The lowest BCUT2D eigenvalue weighted by atomic mass is 10.3. The third kappa shape index (κ3) is 4.65. The van der Waals surface area contributed by atoms with E-state index in [0.29, 0.717) is 30.4 Å². The monoisotopic (exact) mass is 393 g/mol. The first-order chi connectivity index (χ1) is 14.3. The van der Waals surface area contributed by atoms with E-state index in [0.717, 1.165) is 38.1 Å². The summed E-state index contributed by atoms with van der Waals surface area (Å²) in [5, 5.41) is 7.41. The van der Waals surface area contributed by atoms with Crippen LogP contribution in [0.2, 0.25) is 0 Å². The molecule has 0 spiro atoms. The number of pyridine rings is 1. The SMILES string of the molecule is CN=C(NCCc1noc(-c2ccccn2)n1)N1CCN(c2ncccn2)CC1. The van der Waals surface area contributed by atoms with Crippen molar-refractivity contribution in [2.24, 2.45) is 4.99 Å². The molecule has 29 heavy (non-hydrogen) atoms. The fourth-order valence-corrected chi connectivity index (χ4v) is 3.14. The maximum absolute atomic E-state index is 5.30. The molecule has 3 aromatic heterocycles. The van der Waals surface area contributed by atoms with Gasteiger partial charge in [0.15, 0.2) is 11.8 Å². The molecular formula is C19H23N9O. The van der Waals surface area contributed by atoms with Crippen molar-refractivity contribution < 1.29 is 4.52 Å². The number of hydrogen-bond donors (Lipinski definition) is 1. The third-order valence-corrected chi connectivity index (χ3v) is 4.61. The number of aliphatic imine (C=N–C) groups is 1. The van der Waals surface area contributed by atoms with Crippen LogP contribution in [0.15, 0.2) is 52.4 Å². The van der Waals surface area contributed by atoms with Gasteiger partial charge in [-0.3, -0.25) is 9.98 Å². The van der Waals surface area contributed by atoms with Gasteiger partial charge in [-0.15, -0.1) is 0 Å². The molecule has 0 radical (unpaired) electrons. The van der Waals surface area contributed by atoms with E-state index < -0.39 is 0 Å². The molecule has 10 nitrogen and oxygen atoms in total. The smallest absolute Gasteiger partial charge is 0.276 e. The van der Waals surface area contributed by atoms with E-state index in [9.17, 15) is 0 Å². The van der Waals surface area contributed by atoms with Crippen LogP contribution in [0.5, 0.6) is 0 Å². The van der Waals surface area contributed by atoms with Crippen molar-refractivity contribution >= 4 is 11.9 Å². The summed E-state index contributed by atoms with van der Waals surface area (Å²) >= 11 is 0. The lowest BCUT2D eigenvalue weighted by Crippen LogP contribution is -2.53. The van der Waals surface area contributed by atoms with Crippen LogP contribution in [0.25, 0.3) is 11.6 Å². The maximum Gasteiger partial charge on any atom is 0.276 e. The van der Waals surface area contributed by atoms with Crippen LogP contribution in [0.4, 0.5) is 5.95 Å². The Labute approximate surface area is 168 Å². The highest BCUT2D eigenvalue weighted by atomic mass is 16.5. The Morgan fingerprint density at radius 3 is 2.59 bits per heavy atom. The van der Waals surface area contributed by atoms with E-state index in [1.54, 1.807) is 25.6 Å². The molecule has 1 saturated heterocycles. The average Bonchev–Trinajstić information content (AvgIpc) is 3.27. The predicted octanol–water partition coefficient (Wildman–Crippen LogP) is 0.862. The molecule has 0 aliphatic carbocycles. The maximum atomic E-state index is 5.30. The first kappa shape index (κ1) is 18.8. The van der Waals surface area contributed by atoms with Gasteiger partial charge in [-0.1, -0.05) is 11.2 Å². The van der Waals surface area contributed by atoms with Crippen LogP contribution in [0, 0.1) is 0 Å². The lowest BCUT2D eigenvalue weighted by molar-refractivity contribution is 0.370. The fourth-order valence-electron chi connectivity index (χ4n) is 3.14. The molecule has 0 unspecified atom stereocenters. The number of anilines is 1. The molecule has 0 aromatic carbocycles. The Kier molecular flexibility index (Phi) is 5.89. The van der Waals surface area contributed by atoms with Crippen LogP contribution in [0.1, 0.15) is 5.82 Å². The number of piperazine rings is 1. The van der Waals surface area contributed by atoms with Gasteiger partial charge in [0.25, 0.3) is 5.89 Å². The first-order valence-corrected chi connectivity index (χ1v) is 9.55. The van der Waals surface area contributed by atoms with Crippen molar-refractivity contribution in [3.63, 3.8) is 0 Å². The molecule has 4 rings (SSSR count). The van der Waals surface area contributed by atoms with Crippen LogP contribution in [0.3, 0.4) is 0 Å². The summed E-state index contributed by atoms with van der Waals surface area (Å²) in [6, 6.07) is 7.41. The van der Waals surface area contributed by atoms with Gasteiger partial charge < -0.3 is 19.6 Å². The highest BCUT2D eigenvalue weighted by molar-refractivity contribution is 5.80. The van der Waals surface area contributed by atoms with Crippen molar-refractivity contribution in [2.45, 2.75) is 6.42 Å². The van der Waals surface area contributed by atoms with Crippen LogP contribution < -0.4 is 10.2 Å². The van der Waals surface area contributed by atoms with Gasteiger partial charge in [0, 0.05) is 64.8 Å². The molecule has 0 atom stereocenters. The highest BCUT2D eigenvalue weighted by Gasteiger charge is 2.21. The van der Waals surface area contributed by atoms with Gasteiger partial charge in [-0.25, -0.2) is 9.97 Å². The second-order valence-electron chi connectivity index (χ2n) is 6.48. The molecule has 1 fully saturated rings. The van der Waals surface area contributed by atoms with E-state index in [2.05, 4.69) is 45.2 Å². The Balaban J connectivity index is 1.26. The van der Waals surface area contributed by atoms with Gasteiger partial charge in [0.2, 0.25) is 5.95 Å². The minimum atomic E-state index is 0.434. The molecule has 1 aliphatic heterocycles. The Morgan fingerprint density at radius 1 is 1.07 bits per heavy atom. The van der Waals surface area contributed by atoms with Crippen molar-refractivity contribution in [3.05, 3.63) is 48.7 Å². The van der Waals surface area contributed by atoms with E-state index in [-0.39, 0.29) is 0 Å². The number of nitrogens with zero attached hydrogens (tertiary/aromatic N) is 8. The lowest BCUT2D eigenvalue weighted by Gasteiger charge is -2.36. The average molecular weight is 393 g/mol. The summed E-state index contributed by atoms with van der Waals surface area (Å²) in [4.78, 5) is 26.1. The number of hydrogen-bond acceptors (Lipinski definition) is 8. The highest BCUT2D eigenvalue weighted by Crippen LogP contribution is 2.13. The molecule has 0 bridgehead atoms. The molecule has 0 saturated carbocycles. The predicted molar refractivity (Wildman–Crippen MR) is 108 cm³/mol. The minimum Gasteiger partial charge on any atom is -0.356 e. The van der Waals surface area contributed by atoms with E-state index in [1.807, 2.05) is 24.3 Å². The van der Waals surface area contributed by atoms with Crippen LogP contribution >= 0.6 is 0 Å². The molecule has 0 amide bonds. The summed E-state index contributed by atoms with van der Waals surface area (Å²) < 4.78 is 5.30. The zero-order chi connectivity index (χ0) is 19.9. The van der Waals surface area contributed by atoms with E-state index >= 15 is 0 Å². The van der Waals surface area contributed by atoms with Gasteiger partial charge in [-0.05, 0) is 18.2 Å². The van der Waals surface area contributed by atoms with Gasteiger partial charge >= 0.3 is 0 Å². The molecule has 3 aromatic rings. The van der Waals surface area contributed by atoms with Gasteiger partial charge in [0.1, 0.15) is 5.69 Å². The third-order valence-electron chi connectivity index (χ3n) is 4.61. The van der Waals surface area contributed by atoms with Crippen LogP contribution in [-0.4, -0.2) is 75.7 Å². The van der Waals surface area contributed by atoms with E-state index in [1.165, 1.54) is 0 Å². The molecule has 4 heterocycles. The number of nitrogens with one attached hydrogen (secondary N) is 1. The Bertz CT molecular complexity index is 921. The number of aromatic nitrogens is 5. The quantitative estimate of drug-likeness (QED) is 0.499. The fraction of sp³-hybridized carbons (Fsp3) is 0.368. The Hall–Kier alpha value is -3.56. The van der Waals surface area contributed by atoms with E-state index in [4.69, 9.17) is 4.52 Å². The van der Waals surface area contributed by atoms with Crippen LogP contribution in [-0.2, 0) is 6.42 Å². The van der Waals surface area contributed by atoms with Crippen molar-refractivity contribution in [1.82, 2.24) is 35.3 Å². The summed E-state index contributed by atoms with van der Waals surface area (Å²) in [5.41, 5.74) is 0.676. The van der Waals surface area contributed by atoms with Gasteiger partial charge in [-0.2, -0.15) is 4.98 Å². The number of guanidine groups is 1. The summed E-state index contributed by atoms with van der Waals surface area (Å²) in [7, 11) is 1.79. The standard InChI is InChI=1S/C19H23N9O/c1-20-18(27-11-13-28(14-12-27)19-22-8-4-9-23-19)24-10-6-16-25-17(29-26-16)15-5-2-3-7-21-15/h2-5,7-9H,6,10-14H2,1H3,(H,20,24). The first-order valence-electron chi connectivity index (χ1n) is 9.55. The molecule has 1 N–H and O–H groups in total. The van der Waals surface area contributed by atoms with Crippen molar-refractivity contribution in [1.29, 1.82) is 0 Å². The minimum absolute atomic E-state index is 0.434. The summed E-state index contributed by atoms with van der Waals surface area (Å²) in [6.07, 6.45) is 5.88. The Morgan fingerprint density at radius 2 is 1.86 bits per heavy atom. The van der Waals surface area contributed by atoms with Gasteiger partial charge in [0.05, 0.1) is 0 Å².